The first-order valence-electron chi connectivity index (χ1n) is 9.94. The van der Waals surface area contributed by atoms with E-state index < -0.39 is 17.9 Å². The van der Waals surface area contributed by atoms with Crippen molar-refractivity contribution in [3.8, 4) is 11.3 Å². The molecule has 0 unspecified atom stereocenters. The van der Waals surface area contributed by atoms with E-state index in [0.717, 1.165) is 11.1 Å². The number of pyridine rings is 1. The van der Waals surface area contributed by atoms with Gasteiger partial charge in [0, 0.05) is 23.9 Å². The average Bonchev–Trinajstić information content (AvgIpc) is 2.77. The number of nitrogens with one attached hydrogen (secondary N) is 3. The van der Waals surface area contributed by atoms with Gasteiger partial charge in [-0.15, -0.1) is 0 Å². The number of rotatable bonds is 6. The molecule has 8 nitrogen and oxygen atoms in total. The fourth-order valence-electron chi connectivity index (χ4n) is 2.95. The fourth-order valence-corrected chi connectivity index (χ4v) is 2.95. The van der Waals surface area contributed by atoms with E-state index in [1.807, 2.05) is 49.4 Å². The number of hydrogen-bond acceptors (Lipinski definition) is 5. The molecule has 0 spiro atoms. The molecule has 0 radical (unpaired) electrons. The summed E-state index contributed by atoms with van der Waals surface area (Å²) in [6.07, 6.45) is -0.601. The van der Waals surface area contributed by atoms with Crippen LogP contribution in [0.4, 0.5) is 4.79 Å². The van der Waals surface area contributed by atoms with Crippen molar-refractivity contribution in [2.24, 2.45) is 0 Å². The lowest BCUT2D eigenvalue weighted by molar-refractivity contribution is -0.121. The lowest BCUT2D eigenvalue weighted by atomic mass is 10.0. The van der Waals surface area contributed by atoms with Crippen LogP contribution in [0.5, 0.6) is 0 Å². The van der Waals surface area contributed by atoms with Crippen molar-refractivity contribution >= 4 is 28.8 Å². The minimum absolute atomic E-state index is 0.00912. The largest absolute Gasteiger partial charge is 0.450 e. The molecular formula is C23H24N4O4. The van der Waals surface area contributed by atoms with Gasteiger partial charge in [-0.1, -0.05) is 48.0 Å². The Morgan fingerprint density at radius 3 is 2.48 bits per heavy atom. The van der Waals surface area contributed by atoms with Crippen LogP contribution in [-0.2, 0) is 9.53 Å². The molecule has 1 heterocycles. The number of benzene rings is 2. The summed E-state index contributed by atoms with van der Waals surface area (Å²) >= 11 is 0. The predicted molar refractivity (Wildman–Crippen MR) is 117 cm³/mol. The first kappa shape index (κ1) is 21.8. The number of ether oxygens (including phenoxy) is 1. The van der Waals surface area contributed by atoms with Crippen molar-refractivity contribution in [1.29, 1.82) is 0 Å². The molecule has 0 bridgehead atoms. The SMILES string of the molecule is CCOC(=O)NCCC(=O)NNC(=O)c1cc(-c2ccc(C)cc2)nc2ccccc12. The van der Waals surface area contributed by atoms with Crippen LogP contribution >= 0.6 is 0 Å². The average molecular weight is 420 g/mol. The van der Waals surface area contributed by atoms with Crippen molar-refractivity contribution in [2.45, 2.75) is 20.3 Å². The van der Waals surface area contributed by atoms with Gasteiger partial charge in [0.2, 0.25) is 5.91 Å². The van der Waals surface area contributed by atoms with E-state index in [0.29, 0.717) is 22.2 Å². The van der Waals surface area contributed by atoms with Gasteiger partial charge in [-0.2, -0.15) is 0 Å². The van der Waals surface area contributed by atoms with Crippen molar-refractivity contribution in [3.63, 3.8) is 0 Å². The molecule has 0 atom stereocenters. The minimum atomic E-state index is -0.591. The van der Waals surface area contributed by atoms with Crippen molar-refractivity contribution in [2.75, 3.05) is 13.2 Å². The van der Waals surface area contributed by atoms with Crippen LogP contribution in [0.1, 0.15) is 29.3 Å². The van der Waals surface area contributed by atoms with Gasteiger partial charge in [-0.3, -0.25) is 20.4 Å². The minimum Gasteiger partial charge on any atom is -0.450 e. The number of carbonyl (C=O) groups is 3. The topological polar surface area (TPSA) is 109 Å². The second-order valence-electron chi connectivity index (χ2n) is 6.84. The molecule has 8 heteroatoms. The van der Waals surface area contributed by atoms with Gasteiger partial charge in [0.15, 0.2) is 0 Å². The Bertz CT molecular complexity index is 1100. The number of hydrogen-bond donors (Lipinski definition) is 3. The number of amides is 3. The van der Waals surface area contributed by atoms with Crippen LogP contribution in [-0.4, -0.2) is 36.0 Å². The highest BCUT2D eigenvalue weighted by Gasteiger charge is 2.15. The van der Waals surface area contributed by atoms with E-state index >= 15 is 0 Å². The number of carbonyl (C=O) groups excluding carboxylic acids is 3. The number of alkyl carbamates (subject to hydrolysis) is 1. The molecule has 160 valence electrons. The van der Waals surface area contributed by atoms with Crippen molar-refractivity contribution < 1.29 is 19.1 Å². The molecule has 0 aliphatic rings. The number of aromatic nitrogens is 1. The second kappa shape index (κ2) is 10.2. The van der Waals surface area contributed by atoms with Crippen LogP contribution in [0, 0.1) is 6.92 Å². The number of hydrazine groups is 1. The molecule has 31 heavy (non-hydrogen) atoms. The number of fused-ring (bicyclic) bond motifs is 1. The van der Waals surface area contributed by atoms with Crippen LogP contribution in [0.25, 0.3) is 22.2 Å². The Morgan fingerprint density at radius 2 is 1.74 bits per heavy atom. The molecule has 2 aromatic carbocycles. The van der Waals surface area contributed by atoms with E-state index in [4.69, 9.17) is 4.74 Å². The molecule has 0 aliphatic heterocycles. The second-order valence-corrected chi connectivity index (χ2v) is 6.84. The lowest BCUT2D eigenvalue weighted by Crippen LogP contribution is -2.43. The maximum absolute atomic E-state index is 12.8. The zero-order valence-corrected chi connectivity index (χ0v) is 17.4. The third-order valence-electron chi connectivity index (χ3n) is 4.52. The van der Waals surface area contributed by atoms with Gasteiger partial charge >= 0.3 is 6.09 Å². The third kappa shape index (κ3) is 5.79. The molecule has 3 N–H and O–H groups in total. The third-order valence-corrected chi connectivity index (χ3v) is 4.52. The monoisotopic (exact) mass is 420 g/mol. The van der Waals surface area contributed by atoms with Crippen molar-refractivity contribution in [3.05, 3.63) is 65.7 Å². The Hall–Kier alpha value is -3.94. The predicted octanol–water partition coefficient (Wildman–Crippen LogP) is 3.11. The molecule has 0 saturated heterocycles. The summed E-state index contributed by atoms with van der Waals surface area (Å²) < 4.78 is 4.72. The molecule has 0 saturated carbocycles. The lowest BCUT2D eigenvalue weighted by Gasteiger charge is -2.12. The van der Waals surface area contributed by atoms with Crippen LogP contribution in [0.2, 0.25) is 0 Å². The van der Waals surface area contributed by atoms with Crippen LogP contribution in [0.3, 0.4) is 0 Å². The first-order chi connectivity index (χ1) is 15.0. The van der Waals surface area contributed by atoms with E-state index in [1.54, 1.807) is 19.1 Å². The van der Waals surface area contributed by atoms with E-state index in [-0.39, 0.29) is 19.6 Å². The maximum Gasteiger partial charge on any atom is 0.407 e. The van der Waals surface area contributed by atoms with Gasteiger partial charge in [0.1, 0.15) is 0 Å². The molecule has 0 aliphatic carbocycles. The zero-order chi connectivity index (χ0) is 22.2. The number of para-hydroxylation sites is 1. The standard InChI is InChI=1S/C23H24N4O4/c1-3-31-23(30)24-13-12-21(28)26-27-22(29)18-14-20(16-10-8-15(2)9-11-16)25-19-7-5-4-6-17(18)19/h4-11,14H,3,12-13H2,1-2H3,(H,24,30)(H,26,28)(H,27,29). The highest BCUT2D eigenvalue weighted by Crippen LogP contribution is 2.25. The Morgan fingerprint density at radius 1 is 1.00 bits per heavy atom. The molecule has 0 fully saturated rings. The Kier molecular flexibility index (Phi) is 7.16. The van der Waals surface area contributed by atoms with Gasteiger partial charge in [-0.05, 0) is 26.0 Å². The maximum atomic E-state index is 12.8. The number of aryl methyl sites for hydroxylation is 1. The zero-order valence-electron chi connectivity index (χ0n) is 17.4. The summed E-state index contributed by atoms with van der Waals surface area (Å²) in [4.78, 5) is 40.7. The molecule has 3 aromatic rings. The van der Waals surface area contributed by atoms with Crippen LogP contribution < -0.4 is 16.2 Å². The highest BCUT2D eigenvalue weighted by atomic mass is 16.5. The van der Waals surface area contributed by atoms with Gasteiger partial charge in [0.25, 0.3) is 5.91 Å². The first-order valence-corrected chi connectivity index (χ1v) is 9.94. The van der Waals surface area contributed by atoms with Gasteiger partial charge < -0.3 is 10.1 Å². The van der Waals surface area contributed by atoms with E-state index in [9.17, 15) is 14.4 Å². The van der Waals surface area contributed by atoms with E-state index in [1.165, 1.54) is 0 Å². The Balaban J connectivity index is 1.72. The molecule has 3 rings (SSSR count). The van der Waals surface area contributed by atoms with Crippen LogP contribution in [0.15, 0.2) is 54.6 Å². The summed E-state index contributed by atoms with van der Waals surface area (Å²) in [5, 5.41) is 3.12. The smallest absolute Gasteiger partial charge is 0.407 e. The summed E-state index contributed by atoms with van der Waals surface area (Å²) in [5.41, 5.74) is 8.55. The van der Waals surface area contributed by atoms with Gasteiger partial charge in [-0.25, -0.2) is 9.78 Å². The van der Waals surface area contributed by atoms with Crippen molar-refractivity contribution in [1.82, 2.24) is 21.2 Å². The normalized spacial score (nSPS) is 10.4. The van der Waals surface area contributed by atoms with E-state index in [2.05, 4.69) is 21.2 Å². The summed E-state index contributed by atoms with van der Waals surface area (Å²) in [6, 6.07) is 16.9. The highest BCUT2D eigenvalue weighted by molar-refractivity contribution is 6.07. The molecule has 1 aromatic heterocycles. The summed E-state index contributed by atoms with van der Waals surface area (Å²) in [6.45, 7) is 4.03. The quantitative estimate of drug-likeness (QED) is 0.531. The molecular weight excluding hydrogens is 396 g/mol. The summed E-state index contributed by atoms with van der Waals surface area (Å²) in [7, 11) is 0. The number of nitrogens with zero attached hydrogens (tertiary/aromatic N) is 1. The fraction of sp³-hybridized carbons (Fsp3) is 0.217. The Labute approximate surface area is 180 Å². The molecule has 3 amide bonds. The van der Waals surface area contributed by atoms with Gasteiger partial charge in [0.05, 0.1) is 23.4 Å². The summed E-state index contributed by atoms with van der Waals surface area (Å²) in [5.74, 6) is -0.902.